The highest BCUT2D eigenvalue weighted by Crippen LogP contribution is 2.34. The highest BCUT2D eigenvalue weighted by atomic mass is 32.2. The molecule has 1 saturated heterocycles. The maximum atomic E-state index is 13.3. The lowest BCUT2D eigenvalue weighted by atomic mass is 10.2. The fourth-order valence-electron chi connectivity index (χ4n) is 3.43. The van der Waals surface area contributed by atoms with Crippen LogP contribution in [0.1, 0.15) is 16.7 Å². The molecular formula is C24H22N4O3S2. The first-order valence-corrected chi connectivity index (χ1v) is 11.4. The summed E-state index contributed by atoms with van der Waals surface area (Å²) < 4.78 is 7.11. The van der Waals surface area contributed by atoms with E-state index in [1.807, 2.05) is 37.3 Å². The zero-order valence-electron chi connectivity index (χ0n) is 18.2. The predicted octanol–water partition coefficient (Wildman–Crippen LogP) is 4.01. The molecule has 0 spiro atoms. The molecule has 0 radical (unpaired) electrons. The molecule has 0 unspecified atom stereocenters. The second kappa shape index (κ2) is 9.60. The Morgan fingerprint density at radius 1 is 1.24 bits per heavy atom. The third kappa shape index (κ3) is 4.55. The molecular weight excluding hydrogens is 456 g/mol. The quantitative estimate of drug-likeness (QED) is 0.312. The van der Waals surface area contributed by atoms with Crippen LogP contribution >= 0.6 is 24.0 Å². The summed E-state index contributed by atoms with van der Waals surface area (Å²) in [6, 6.07) is 11.1. The van der Waals surface area contributed by atoms with E-state index in [2.05, 4.69) is 16.9 Å². The average molecular weight is 479 g/mol. The average Bonchev–Trinajstić information content (AvgIpc) is 3.08. The van der Waals surface area contributed by atoms with Crippen molar-refractivity contribution in [3.8, 4) is 5.75 Å². The van der Waals surface area contributed by atoms with Gasteiger partial charge in [0.1, 0.15) is 21.5 Å². The maximum absolute atomic E-state index is 13.3. The lowest BCUT2D eigenvalue weighted by molar-refractivity contribution is -0.122. The lowest BCUT2D eigenvalue weighted by Crippen LogP contribution is -2.27. The number of thioether (sulfide) groups is 1. The first-order valence-electron chi connectivity index (χ1n) is 10.2. The van der Waals surface area contributed by atoms with E-state index in [1.54, 1.807) is 31.5 Å². The molecule has 0 saturated carbocycles. The number of carbonyl (C=O) groups excluding carboxylic acids is 1. The number of aromatic nitrogens is 2. The number of anilines is 1. The number of aryl methyl sites for hydroxylation is 1. The molecule has 1 amide bonds. The van der Waals surface area contributed by atoms with Crippen molar-refractivity contribution in [2.75, 3.05) is 19.0 Å². The summed E-state index contributed by atoms with van der Waals surface area (Å²) in [5.41, 5.74) is 2.37. The molecule has 4 rings (SSSR count). The summed E-state index contributed by atoms with van der Waals surface area (Å²) in [5, 5.41) is 3.12. The number of thiocarbonyl (C=S) groups is 1. The van der Waals surface area contributed by atoms with E-state index in [-0.39, 0.29) is 11.5 Å². The minimum atomic E-state index is -0.268. The van der Waals surface area contributed by atoms with Gasteiger partial charge in [-0.3, -0.25) is 18.9 Å². The van der Waals surface area contributed by atoms with Gasteiger partial charge in [0.15, 0.2) is 0 Å². The first kappa shape index (κ1) is 22.8. The van der Waals surface area contributed by atoms with Crippen molar-refractivity contribution in [1.29, 1.82) is 0 Å². The third-order valence-corrected chi connectivity index (χ3v) is 6.52. The summed E-state index contributed by atoms with van der Waals surface area (Å²) >= 11 is 6.64. The molecule has 1 aromatic carbocycles. The van der Waals surface area contributed by atoms with Gasteiger partial charge < -0.3 is 10.1 Å². The van der Waals surface area contributed by atoms with Gasteiger partial charge in [0.25, 0.3) is 11.5 Å². The third-order valence-electron chi connectivity index (χ3n) is 5.15. The van der Waals surface area contributed by atoms with Crippen molar-refractivity contribution in [2.45, 2.75) is 13.5 Å². The number of pyridine rings is 1. The summed E-state index contributed by atoms with van der Waals surface area (Å²) in [5.74, 6) is 0.891. The van der Waals surface area contributed by atoms with E-state index in [1.165, 1.54) is 21.1 Å². The van der Waals surface area contributed by atoms with Crippen LogP contribution in [-0.2, 0) is 11.3 Å². The molecule has 0 aliphatic carbocycles. The van der Waals surface area contributed by atoms with E-state index in [0.29, 0.717) is 39.3 Å². The van der Waals surface area contributed by atoms with Crippen LogP contribution in [0.2, 0.25) is 0 Å². The molecule has 33 heavy (non-hydrogen) atoms. The van der Waals surface area contributed by atoms with Gasteiger partial charge in [0.2, 0.25) is 0 Å². The molecule has 1 N–H and O–H groups in total. The van der Waals surface area contributed by atoms with Crippen LogP contribution in [0.3, 0.4) is 0 Å². The van der Waals surface area contributed by atoms with Gasteiger partial charge in [0.05, 0.1) is 24.1 Å². The van der Waals surface area contributed by atoms with Crippen molar-refractivity contribution < 1.29 is 9.53 Å². The van der Waals surface area contributed by atoms with E-state index >= 15 is 0 Å². The van der Waals surface area contributed by atoms with E-state index in [0.717, 1.165) is 16.9 Å². The normalized spacial score (nSPS) is 14.8. The number of hydrogen-bond donors (Lipinski definition) is 1. The van der Waals surface area contributed by atoms with Gasteiger partial charge in [-0.15, -0.1) is 6.58 Å². The number of nitrogens with one attached hydrogen (secondary N) is 1. The molecule has 1 fully saturated rings. The molecule has 9 heteroatoms. The van der Waals surface area contributed by atoms with Gasteiger partial charge in [-0.25, -0.2) is 4.98 Å². The van der Waals surface area contributed by atoms with Crippen LogP contribution < -0.4 is 15.6 Å². The number of carbonyl (C=O) groups is 1. The molecule has 7 nitrogen and oxygen atoms in total. The van der Waals surface area contributed by atoms with Gasteiger partial charge in [0, 0.05) is 12.7 Å². The summed E-state index contributed by atoms with van der Waals surface area (Å²) in [7, 11) is 1.60. The highest BCUT2D eigenvalue weighted by molar-refractivity contribution is 8.26. The second-order valence-electron chi connectivity index (χ2n) is 7.35. The number of rotatable bonds is 7. The van der Waals surface area contributed by atoms with Crippen molar-refractivity contribution in [3.05, 3.63) is 87.2 Å². The van der Waals surface area contributed by atoms with Crippen LogP contribution in [-0.4, -0.2) is 38.2 Å². The molecule has 1 aliphatic heterocycles. The Hall–Kier alpha value is -3.43. The Kier molecular flexibility index (Phi) is 6.62. The molecule has 0 atom stereocenters. The predicted molar refractivity (Wildman–Crippen MR) is 137 cm³/mol. The topological polar surface area (TPSA) is 75.9 Å². The number of nitrogens with zero attached hydrogens (tertiary/aromatic N) is 3. The Morgan fingerprint density at radius 3 is 2.70 bits per heavy atom. The van der Waals surface area contributed by atoms with E-state index in [4.69, 9.17) is 17.0 Å². The summed E-state index contributed by atoms with van der Waals surface area (Å²) in [6.07, 6.45) is 4.92. The van der Waals surface area contributed by atoms with Crippen LogP contribution in [0, 0.1) is 6.92 Å². The highest BCUT2D eigenvalue weighted by Gasteiger charge is 2.32. The van der Waals surface area contributed by atoms with E-state index < -0.39 is 0 Å². The minimum absolute atomic E-state index is 0.246. The van der Waals surface area contributed by atoms with Gasteiger partial charge in [-0.05, 0) is 42.3 Å². The zero-order chi connectivity index (χ0) is 23.5. The van der Waals surface area contributed by atoms with Gasteiger partial charge in [-0.1, -0.05) is 48.3 Å². The first-order chi connectivity index (χ1) is 15.9. The van der Waals surface area contributed by atoms with Crippen molar-refractivity contribution >= 4 is 51.7 Å². The molecule has 168 valence electrons. The van der Waals surface area contributed by atoms with Crippen LogP contribution in [0.4, 0.5) is 5.82 Å². The van der Waals surface area contributed by atoms with Crippen LogP contribution in [0.25, 0.3) is 11.7 Å². The second-order valence-corrected chi connectivity index (χ2v) is 9.03. The Labute approximate surface area is 200 Å². The van der Waals surface area contributed by atoms with E-state index in [9.17, 15) is 9.59 Å². The molecule has 0 bridgehead atoms. The lowest BCUT2D eigenvalue weighted by Gasteiger charge is -2.14. The van der Waals surface area contributed by atoms with Crippen molar-refractivity contribution in [1.82, 2.24) is 14.3 Å². The number of methoxy groups -OCH3 is 1. The van der Waals surface area contributed by atoms with Gasteiger partial charge in [-0.2, -0.15) is 0 Å². The van der Waals surface area contributed by atoms with Crippen molar-refractivity contribution in [2.24, 2.45) is 0 Å². The molecule has 3 aromatic rings. The summed E-state index contributed by atoms with van der Waals surface area (Å²) in [4.78, 5) is 33.0. The Bertz CT molecular complexity index is 1350. The smallest absolute Gasteiger partial charge is 0.267 e. The number of benzene rings is 1. The SMILES string of the molecule is C=CCNc1nc2c(C)cccn2c(=O)c1/C=C1\SC(=S)N(Cc2ccc(OC)cc2)C1=O. The zero-order valence-corrected chi connectivity index (χ0v) is 19.8. The monoisotopic (exact) mass is 478 g/mol. The van der Waals surface area contributed by atoms with Crippen molar-refractivity contribution in [3.63, 3.8) is 0 Å². The number of ether oxygens (including phenoxy) is 1. The standard InChI is InChI=1S/C24H22N4O3S2/c1-4-11-25-20-18(22(29)27-12-5-6-15(2)21(27)26-20)13-19-23(30)28(24(32)33-19)14-16-7-9-17(31-3)10-8-16/h4-10,12-13,25H,1,11,14H2,2-3H3/b19-13-. The Morgan fingerprint density at radius 2 is 2.00 bits per heavy atom. The fraction of sp³-hybridized carbons (Fsp3) is 0.167. The fourth-order valence-corrected chi connectivity index (χ4v) is 4.66. The molecule has 1 aliphatic rings. The van der Waals surface area contributed by atoms with Gasteiger partial charge >= 0.3 is 0 Å². The number of amides is 1. The number of hydrogen-bond acceptors (Lipinski definition) is 7. The Balaban J connectivity index is 1.71. The largest absolute Gasteiger partial charge is 0.497 e. The van der Waals surface area contributed by atoms with Crippen LogP contribution in [0.15, 0.2) is 64.9 Å². The summed E-state index contributed by atoms with van der Waals surface area (Å²) in [6.45, 7) is 6.37. The molecule has 3 heterocycles. The maximum Gasteiger partial charge on any atom is 0.267 e. The minimum Gasteiger partial charge on any atom is -0.497 e. The molecule has 2 aromatic heterocycles. The van der Waals surface area contributed by atoms with Crippen LogP contribution in [0.5, 0.6) is 5.75 Å². The number of fused-ring (bicyclic) bond motifs is 1.